The summed E-state index contributed by atoms with van der Waals surface area (Å²) in [4.78, 5) is 13.4. The summed E-state index contributed by atoms with van der Waals surface area (Å²) in [5, 5.41) is 12.1. The molecular weight excluding hydrogens is 349 g/mol. The number of hydrogen-bond donors (Lipinski definition) is 1. The molecule has 2 aromatic rings. The highest BCUT2D eigenvalue weighted by Crippen LogP contribution is 2.49. The summed E-state index contributed by atoms with van der Waals surface area (Å²) < 4.78 is 24.3. The number of ether oxygens (including phenoxy) is 2. The highest BCUT2D eigenvalue weighted by molar-refractivity contribution is 5.84. The lowest BCUT2D eigenvalue weighted by atomic mass is 9.91. The molecule has 0 aliphatic carbocycles. The summed E-state index contributed by atoms with van der Waals surface area (Å²) in [5.74, 6) is -0.322. The molecule has 2 aromatic carbocycles. The first-order chi connectivity index (χ1) is 13.0. The minimum Gasteiger partial charge on any atom is -0.497 e. The van der Waals surface area contributed by atoms with Crippen LogP contribution in [0.4, 0.5) is 20.6 Å². The first-order valence-electron chi connectivity index (χ1n) is 8.52. The zero-order valence-corrected chi connectivity index (χ0v) is 15.3. The molecule has 2 unspecified atom stereocenters. The third-order valence-electron chi connectivity index (χ3n) is 4.77. The topological polar surface area (TPSA) is 74.6 Å². The lowest BCUT2D eigenvalue weighted by molar-refractivity contribution is 0.187. The molecule has 27 heavy (non-hydrogen) atoms. The maximum atomic E-state index is 14.5. The number of rotatable bonds is 4. The van der Waals surface area contributed by atoms with E-state index in [1.807, 2.05) is 25.1 Å². The zero-order chi connectivity index (χ0) is 19.6. The van der Waals surface area contributed by atoms with Gasteiger partial charge in [-0.2, -0.15) is 5.26 Å². The number of anilines is 2. The van der Waals surface area contributed by atoms with Crippen LogP contribution < -0.4 is 15.0 Å². The Morgan fingerprint density at radius 2 is 2.07 bits per heavy atom. The number of carbonyl (C=O) groups is 1. The minimum atomic E-state index is -0.743. The van der Waals surface area contributed by atoms with Gasteiger partial charge in [-0.15, -0.1) is 0 Å². The number of halogens is 1. The Bertz CT molecular complexity index is 910. The van der Waals surface area contributed by atoms with E-state index >= 15 is 0 Å². The number of nitriles is 1. The molecular formula is C20H20FN3O3. The number of benzene rings is 2. The summed E-state index contributed by atoms with van der Waals surface area (Å²) in [6, 6.07) is 12.2. The van der Waals surface area contributed by atoms with Crippen LogP contribution in [0.5, 0.6) is 5.75 Å². The van der Waals surface area contributed by atoms with Gasteiger partial charge in [-0.25, -0.2) is 9.18 Å². The highest BCUT2D eigenvalue weighted by Gasteiger charge is 2.39. The summed E-state index contributed by atoms with van der Waals surface area (Å²) in [6.07, 6.45) is -0.743. The van der Waals surface area contributed by atoms with Crippen LogP contribution in [0.25, 0.3) is 0 Å². The van der Waals surface area contributed by atoms with Crippen LogP contribution in [-0.4, -0.2) is 26.9 Å². The van der Waals surface area contributed by atoms with Gasteiger partial charge in [-0.1, -0.05) is 12.1 Å². The number of hydrogen-bond acceptors (Lipinski definition) is 5. The fourth-order valence-corrected chi connectivity index (χ4v) is 3.52. The minimum absolute atomic E-state index is 0.0272. The quantitative estimate of drug-likeness (QED) is 0.874. The normalized spacial score (nSPS) is 17.8. The number of nitrogens with zero attached hydrogens (tertiary/aromatic N) is 2. The van der Waals surface area contributed by atoms with E-state index in [1.54, 1.807) is 13.2 Å². The lowest BCUT2D eigenvalue weighted by Gasteiger charge is -2.28. The molecule has 0 fully saturated rings. The van der Waals surface area contributed by atoms with E-state index in [2.05, 4.69) is 21.0 Å². The molecule has 2 atom stereocenters. The molecule has 6 nitrogen and oxygen atoms in total. The number of carbonyl (C=O) groups excluding carboxylic acids is 1. The van der Waals surface area contributed by atoms with E-state index in [9.17, 15) is 14.4 Å². The molecule has 7 heteroatoms. The third kappa shape index (κ3) is 3.26. The van der Waals surface area contributed by atoms with Crippen molar-refractivity contribution in [3.8, 4) is 11.8 Å². The van der Waals surface area contributed by atoms with E-state index in [4.69, 9.17) is 4.74 Å². The molecule has 1 amide bonds. The van der Waals surface area contributed by atoms with E-state index in [1.165, 1.54) is 19.2 Å². The van der Waals surface area contributed by atoms with E-state index in [0.717, 1.165) is 11.3 Å². The smallest absolute Gasteiger partial charge is 0.411 e. The van der Waals surface area contributed by atoms with Gasteiger partial charge in [0, 0.05) is 18.3 Å². The van der Waals surface area contributed by atoms with Crippen molar-refractivity contribution in [2.45, 2.75) is 18.9 Å². The second-order valence-corrected chi connectivity index (χ2v) is 6.12. The summed E-state index contributed by atoms with van der Waals surface area (Å²) in [5.41, 5.74) is 2.48. The number of methoxy groups -OCH3 is 2. The monoisotopic (exact) mass is 369 g/mol. The van der Waals surface area contributed by atoms with Crippen LogP contribution in [0.2, 0.25) is 0 Å². The number of nitrogens with one attached hydrogen (secondary N) is 1. The molecule has 1 N–H and O–H groups in total. The maximum absolute atomic E-state index is 14.5. The Kier molecular flexibility index (Phi) is 5.17. The Labute approximate surface area is 157 Å². The van der Waals surface area contributed by atoms with Crippen LogP contribution >= 0.6 is 0 Å². The van der Waals surface area contributed by atoms with E-state index in [-0.39, 0.29) is 11.7 Å². The van der Waals surface area contributed by atoms with Crippen molar-refractivity contribution in [2.24, 2.45) is 0 Å². The van der Waals surface area contributed by atoms with Crippen LogP contribution in [0.1, 0.15) is 30.0 Å². The predicted octanol–water partition coefficient (Wildman–Crippen LogP) is 4.20. The summed E-state index contributed by atoms with van der Waals surface area (Å²) in [6.45, 7) is 2.63. The zero-order valence-electron chi connectivity index (χ0n) is 15.3. The fourth-order valence-electron chi connectivity index (χ4n) is 3.52. The second kappa shape index (κ2) is 7.54. The SMILES string of the molecule is CCN1c2cc(OC)ccc2C(C#N)C1c1ccc(NC(=O)OC)c(F)c1. The van der Waals surface area contributed by atoms with Crippen LogP contribution in [0, 0.1) is 17.1 Å². The number of likely N-dealkylation sites (N-methyl/N-ethyl adjacent to an activating group) is 1. The van der Waals surface area contributed by atoms with Gasteiger partial charge >= 0.3 is 6.09 Å². The van der Waals surface area contributed by atoms with Crippen molar-refractivity contribution in [3.05, 3.63) is 53.3 Å². The van der Waals surface area contributed by atoms with Gasteiger partial charge in [0.2, 0.25) is 0 Å². The predicted molar refractivity (Wildman–Crippen MR) is 99.5 cm³/mol. The first kappa shape index (κ1) is 18.5. The molecule has 1 aliphatic heterocycles. The maximum Gasteiger partial charge on any atom is 0.411 e. The number of amides is 1. The van der Waals surface area contributed by atoms with E-state index in [0.29, 0.717) is 17.9 Å². The largest absolute Gasteiger partial charge is 0.497 e. The van der Waals surface area contributed by atoms with Gasteiger partial charge < -0.3 is 14.4 Å². The molecule has 0 aromatic heterocycles. The van der Waals surface area contributed by atoms with Crippen molar-refractivity contribution in [3.63, 3.8) is 0 Å². The molecule has 0 saturated carbocycles. The Balaban J connectivity index is 2.01. The highest BCUT2D eigenvalue weighted by atomic mass is 19.1. The van der Waals surface area contributed by atoms with Crippen molar-refractivity contribution in [1.29, 1.82) is 5.26 Å². The first-order valence-corrected chi connectivity index (χ1v) is 8.52. The second-order valence-electron chi connectivity index (χ2n) is 6.12. The van der Waals surface area contributed by atoms with Gasteiger partial charge in [0.15, 0.2) is 0 Å². The summed E-state index contributed by atoms with van der Waals surface area (Å²) in [7, 11) is 2.80. The van der Waals surface area contributed by atoms with Gasteiger partial charge in [-0.3, -0.25) is 5.32 Å². The van der Waals surface area contributed by atoms with Crippen molar-refractivity contribution < 1.29 is 18.7 Å². The molecule has 1 heterocycles. The van der Waals surface area contributed by atoms with Gasteiger partial charge in [0.05, 0.1) is 37.9 Å². The van der Waals surface area contributed by atoms with Crippen molar-refractivity contribution in [2.75, 3.05) is 31.0 Å². The van der Waals surface area contributed by atoms with E-state index < -0.39 is 17.8 Å². The van der Waals surface area contributed by atoms with Crippen molar-refractivity contribution in [1.82, 2.24) is 0 Å². The molecule has 0 radical (unpaired) electrons. The van der Waals surface area contributed by atoms with Crippen LogP contribution in [-0.2, 0) is 4.74 Å². The van der Waals surface area contributed by atoms with Gasteiger partial charge in [-0.05, 0) is 36.2 Å². The average molecular weight is 369 g/mol. The Hall–Kier alpha value is -3.27. The molecule has 140 valence electrons. The molecule has 3 rings (SSSR count). The standard InChI is InChI=1S/C20H20FN3O3/c1-4-24-18-10-13(26-2)6-7-14(18)15(11-22)19(24)12-5-8-17(16(21)9-12)23-20(25)27-3/h5-10,15,19H,4H2,1-3H3,(H,23,25). The van der Waals surface area contributed by atoms with Crippen molar-refractivity contribution >= 4 is 17.5 Å². The average Bonchev–Trinajstić information content (AvgIpc) is 3.01. The molecule has 0 saturated heterocycles. The summed E-state index contributed by atoms with van der Waals surface area (Å²) >= 11 is 0. The van der Waals surface area contributed by atoms with Gasteiger partial charge in [0.1, 0.15) is 11.6 Å². The van der Waals surface area contributed by atoms with Crippen LogP contribution in [0.15, 0.2) is 36.4 Å². The Morgan fingerprint density at radius 1 is 1.30 bits per heavy atom. The fraction of sp³-hybridized carbons (Fsp3) is 0.300. The number of fused-ring (bicyclic) bond motifs is 1. The molecule has 0 bridgehead atoms. The molecule has 1 aliphatic rings. The Morgan fingerprint density at radius 3 is 2.67 bits per heavy atom. The van der Waals surface area contributed by atoms with Gasteiger partial charge in [0.25, 0.3) is 0 Å². The van der Waals surface area contributed by atoms with Crippen LogP contribution in [0.3, 0.4) is 0 Å². The third-order valence-corrected chi connectivity index (χ3v) is 4.77. The molecule has 0 spiro atoms. The lowest BCUT2D eigenvalue weighted by Crippen LogP contribution is -2.26.